The fourth-order valence-electron chi connectivity index (χ4n) is 2.68. The Morgan fingerprint density at radius 1 is 1.18 bits per heavy atom. The van der Waals surface area contributed by atoms with Crippen molar-refractivity contribution in [3.8, 4) is 5.75 Å². The number of morpholine rings is 1. The predicted octanol–water partition coefficient (Wildman–Crippen LogP) is 2.00. The molecule has 0 amide bonds. The van der Waals surface area contributed by atoms with Crippen LogP contribution in [0, 0.1) is 0 Å². The van der Waals surface area contributed by atoms with Crippen LogP contribution in [0.2, 0.25) is 0 Å². The van der Waals surface area contributed by atoms with Crippen LogP contribution in [-0.2, 0) is 9.47 Å². The topological polar surface area (TPSA) is 48.0 Å². The molecule has 1 aliphatic rings. The molecule has 1 aromatic carbocycles. The zero-order valence-electron chi connectivity index (χ0n) is 13.4. The molecule has 0 aromatic heterocycles. The average Bonchev–Trinajstić information content (AvgIpc) is 2.50. The van der Waals surface area contributed by atoms with E-state index in [1.54, 1.807) is 12.1 Å². The molecule has 0 spiro atoms. The first-order valence-corrected chi connectivity index (χ1v) is 7.81. The summed E-state index contributed by atoms with van der Waals surface area (Å²) in [6.07, 6.45) is 1.37. The molecular formula is C17H25NO4. The Balaban J connectivity index is 1.59. The van der Waals surface area contributed by atoms with E-state index in [1.807, 2.05) is 12.1 Å². The number of aldehydes is 1. The summed E-state index contributed by atoms with van der Waals surface area (Å²) in [4.78, 5) is 13.2. The van der Waals surface area contributed by atoms with Crippen molar-refractivity contribution < 1.29 is 19.0 Å². The molecule has 0 aliphatic carbocycles. The quantitative estimate of drug-likeness (QED) is 0.543. The minimum Gasteiger partial charge on any atom is -0.490 e. The molecule has 2 atom stereocenters. The maximum Gasteiger partial charge on any atom is 0.153 e. The second-order valence-corrected chi connectivity index (χ2v) is 5.63. The first kappa shape index (κ1) is 16.9. The van der Waals surface area contributed by atoms with Gasteiger partial charge >= 0.3 is 0 Å². The Labute approximate surface area is 132 Å². The molecule has 0 N–H and O–H groups in total. The van der Waals surface area contributed by atoms with Crippen molar-refractivity contribution in [2.45, 2.75) is 26.1 Å². The van der Waals surface area contributed by atoms with E-state index in [-0.39, 0.29) is 12.2 Å². The average molecular weight is 307 g/mol. The smallest absolute Gasteiger partial charge is 0.153 e. The number of nitrogens with zero attached hydrogens (tertiary/aromatic N) is 1. The van der Waals surface area contributed by atoms with E-state index < -0.39 is 0 Å². The van der Waals surface area contributed by atoms with Gasteiger partial charge in [-0.1, -0.05) is 12.1 Å². The van der Waals surface area contributed by atoms with Crippen LogP contribution in [0.5, 0.6) is 5.75 Å². The van der Waals surface area contributed by atoms with Gasteiger partial charge in [-0.25, -0.2) is 0 Å². The molecule has 1 aromatic rings. The summed E-state index contributed by atoms with van der Waals surface area (Å²) in [6, 6.07) is 7.20. The van der Waals surface area contributed by atoms with Crippen LogP contribution < -0.4 is 4.74 Å². The molecule has 0 radical (unpaired) electrons. The van der Waals surface area contributed by atoms with Gasteiger partial charge in [-0.3, -0.25) is 9.69 Å². The molecule has 5 nitrogen and oxygen atoms in total. The van der Waals surface area contributed by atoms with Crippen LogP contribution in [-0.4, -0.2) is 62.8 Å². The van der Waals surface area contributed by atoms with Gasteiger partial charge in [-0.05, 0) is 26.0 Å². The number of hydrogen-bond acceptors (Lipinski definition) is 5. The van der Waals surface area contributed by atoms with Gasteiger partial charge in [0.25, 0.3) is 0 Å². The predicted molar refractivity (Wildman–Crippen MR) is 84.6 cm³/mol. The van der Waals surface area contributed by atoms with Crippen LogP contribution in [0.3, 0.4) is 0 Å². The third-order valence-electron chi connectivity index (χ3n) is 3.58. The normalized spacial score (nSPS) is 22.5. The molecule has 122 valence electrons. The molecule has 0 saturated carbocycles. The summed E-state index contributed by atoms with van der Waals surface area (Å²) in [5, 5.41) is 0. The largest absolute Gasteiger partial charge is 0.490 e. The van der Waals surface area contributed by atoms with E-state index in [0.717, 1.165) is 25.9 Å². The summed E-state index contributed by atoms with van der Waals surface area (Å²) in [5.74, 6) is 0.608. The summed E-state index contributed by atoms with van der Waals surface area (Å²) < 4.78 is 16.9. The van der Waals surface area contributed by atoms with Gasteiger partial charge in [0.15, 0.2) is 6.29 Å². The molecule has 1 saturated heterocycles. The van der Waals surface area contributed by atoms with Gasteiger partial charge in [-0.15, -0.1) is 0 Å². The molecule has 5 heteroatoms. The third kappa shape index (κ3) is 5.40. The first-order chi connectivity index (χ1) is 10.7. The van der Waals surface area contributed by atoms with Crippen molar-refractivity contribution in [1.82, 2.24) is 4.90 Å². The van der Waals surface area contributed by atoms with E-state index >= 15 is 0 Å². The minimum absolute atomic E-state index is 0.284. The van der Waals surface area contributed by atoms with Gasteiger partial charge in [0, 0.05) is 19.6 Å². The zero-order chi connectivity index (χ0) is 15.8. The molecule has 22 heavy (non-hydrogen) atoms. The molecule has 0 unspecified atom stereocenters. The maximum absolute atomic E-state index is 10.9. The fourth-order valence-corrected chi connectivity index (χ4v) is 2.68. The lowest BCUT2D eigenvalue weighted by atomic mass is 10.2. The van der Waals surface area contributed by atoms with E-state index in [1.165, 1.54) is 0 Å². The number of carbonyl (C=O) groups excluding carboxylic acids is 1. The number of hydrogen-bond donors (Lipinski definition) is 0. The maximum atomic E-state index is 10.9. The highest BCUT2D eigenvalue weighted by Crippen LogP contribution is 2.15. The van der Waals surface area contributed by atoms with Crippen LogP contribution in [0.25, 0.3) is 0 Å². The summed E-state index contributed by atoms with van der Waals surface area (Å²) >= 11 is 0. The number of rotatable bonds is 8. The lowest BCUT2D eigenvalue weighted by molar-refractivity contribution is -0.0734. The molecule has 1 heterocycles. The van der Waals surface area contributed by atoms with Crippen molar-refractivity contribution in [2.24, 2.45) is 0 Å². The van der Waals surface area contributed by atoms with Crippen LogP contribution >= 0.6 is 0 Å². The van der Waals surface area contributed by atoms with E-state index in [9.17, 15) is 4.79 Å². The molecule has 0 bridgehead atoms. The SMILES string of the molecule is C[C@H]1CN(CCOCCOc2ccccc2C=O)C[C@H](C)O1. The molecular weight excluding hydrogens is 282 g/mol. The highest BCUT2D eigenvalue weighted by molar-refractivity contribution is 5.79. The molecule has 1 aliphatic heterocycles. The lowest BCUT2D eigenvalue weighted by Crippen LogP contribution is -2.46. The van der Waals surface area contributed by atoms with Crippen molar-refractivity contribution >= 4 is 6.29 Å². The minimum atomic E-state index is 0.284. The van der Waals surface area contributed by atoms with Crippen molar-refractivity contribution in [2.75, 3.05) is 39.5 Å². The highest BCUT2D eigenvalue weighted by Gasteiger charge is 2.21. The Morgan fingerprint density at radius 3 is 2.64 bits per heavy atom. The van der Waals surface area contributed by atoms with Crippen LogP contribution in [0.15, 0.2) is 24.3 Å². The first-order valence-electron chi connectivity index (χ1n) is 7.81. The zero-order valence-corrected chi connectivity index (χ0v) is 13.4. The summed E-state index contributed by atoms with van der Waals surface area (Å²) in [6.45, 7) is 8.65. The Hall–Kier alpha value is -1.43. The highest BCUT2D eigenvalue weighted by atomic mass is 16.5. The Kier molecular flexibility index (Phi) is 6.83. The van der Waals surface area contributed by atoms with Crippen molar-refractivity contribution in [3.63, 3.8) is 0 Å². The summed E-state index contributed by atoms with van der Waals surface area (Å²) in [7, 11) is 0. The van der Waals surface area contributed by atoms with E-state index in [2.05, 4.69) is 18.7 Å². The second kappa shape index (κ2) is 8.88. The number of benzene rings is 1. The van der Waals surface area contributed by atoms with Crippen LogP contribution in [0.4, 0.5) is 0 Å². The second-order valence-electron chi connectivity index (χ2n) is 5.63. The fraction of sp³-hybridized carbons (Fsp3) is 0.588. The van der Waals surface area contributed by atoms with Crippen molar-refractivity contribution in [3.05, 3.63) is 29.8 Å². The number of para-hydroxylation sites is 1. The van der Waals surface area contributed by atoms with Gasteiger partial charge < -0.3 is 14.2 Å². The van der Waals surface area contributed by atoms with Gasteiger partial charge in [0.2, 0.25) is 0 Å². The Bertz CT molecular complexity index is 456. The van der Waals surface area contributed by atoms with Crippen LogP contribution in [0.1, 0.15) is 24.2 Å². The standard InChI is InChI=1S/C17H25NO4/c1-14-11-18(12-15(2)22-14)7-8-20-9-10-21-17-6-4-3-5-16(17)13-19/h3-6,13-15H,7-12H2,1-2H3/t14-,15-/m0/s1. The monoisotopic (exact) mass is 307 g/mol. The number of ether oxygens (including phenoxy) is 3. The lowest BCUT2D eigenvalue weighted by Gasteiger charge is -2.35. The van der Waals surface area contributed by atoms with Crippen molar-refractivity contribution in [1.29, 1.82) is 0 Å². The summed E-state index contributed by atoms with van der Waals surface area (Å²) in [5.41, 5.74) is 0.568. The molecule has 1 fully saturated rings. The number of carbonyl (C=O) groups is 1. The third-order valence-corrected chi connectivity index (χ3v) is 3.58. The molecule has 2 rings (SSSR count). The Morgan fingerprint density at radius 2 is 1.91 bits per heavy atom. The van der Waals surface area contributed by atoms with E-state index in [0.29, 0.717) is 31.1 Å². The van der Waals surface area contributed by atoms with Gasteiger partial charge in [0.1, 0.15) is 12.4 Å². The van der Waals surface area contributed by atoms with Gasteiger partial charge in [-0.2, -0.15) is 0 Å². The van der Waals surface area contributed by atoms with Gasteiger partial charge in [0.05, 0.1) is 31.0 Å². The van der Waals surface area contributed by atoms with E-state index in [4.69, 9.17) is 14.2 Å².